The standard InChI is InChI=1S/C16H25NO2S.C7H6O/c1-16(2,3)11-7-5-10(6-8-11)12-9-20-14(17-4)13(12)15(18)19;8-6-7-4-2-1-3-5-7/h9-11,17H,5-8H2,1-4H3,(H,18,19);1-6H. The van der Waals surface area contributed by atoms with E-state index >= 15 is 0 Å². The van der Waals surface area contributed by atoms with E-state index in [-0.39, 0.29) is 0 Å². The minimum atomic E-state index is -0.802. The van der Waals surface area contributed by atoms with Gasteiger partial charge in [-0.2, -0.15) is 0 Å². The third-order valence-corrected chi connectivity index (χ3v) is 6.60. The minimum absolute atomic E-state index is 0.366. The van der Waals surface area contributed by atoms with Gasteiger partial charge in [0.1, 0.15) is 11.3 Å². The van der Waals surface area contributed by atoms with Crippen LogP contribution in [0.15, 0.2) is 35.7 Å². The van der Waals surface area contributed by atoms with Gasteiger partial charge in [-0.1, -0.05) is 51.1 Å². The Morgan fingerprint density at radius 1 is 1.14 bits per heavy atom. The summed E-state index contributed by atoms with van der Waals surface area (Å²) in [5, 5.41) is 15.3. The number of anilines is 1. The van der Waals surface area contributed by atoms with Gasteiger partial charge in [-0.05, 0) is 53.9 Å². The number of rotatable bonds is 4. The fourth-order valence-electron chi connectivity index (χ4n) is 3.88. The van der Waals surface area contributed by atoms with Gasteiger partial charge in [0.15, 0.2) is 0 Å². The Labute approximate surface area is 172 Å². The molecule has 0 unspecified atom stereocenters. The van der Waals surface area contributed by atoms with Gasteiger partial charge in [-0.25, -0.2) is 4.79 Å². The van der Waals surface area contributed by atoms with Crippen molar-refractivity contribution in [3.05, 3.63) is 52.4 Å². The Bertz CT molecular complexity index is 769. The van der Waals surface area contributed by atoms with E-state index in [9.17, 15) is 14.7 Å². The highest BCUT2D eigenvalue weighted by molar-refractivity contribution is 7.14. The van der Waals surface area contributed by atoms with Gasteiger partial charge < -0.3 is 10.4 Å². The van der Waals surface area contributed by atoms with Crippen LogP contribution >= 0.6 is 11.3 Å². The van der Waals surface area contributed by atoms with E-state index < -0.39 is 5.97 Å². The Hall–Kier alpha value is -2.14. The monoisotopic (exact) mass is 401 g/mol. The maximum Gasteiger partial charge on any atom is 0.338 e. The molecule has 0 saturated heterocycles. The van der Waals surface area contributed by atoms with Crippen LogP contribution in [0.2, 0.25) is 0 Å². The zero-order valence-electron chi connectivity index (χ0n) is 17.2. The van der Waals surface area contributed by atoms with Crippen molar-refractivity contribution in [3.63, 3.8) is 0 Å². The maximum atomic E-state index is 11.5. The summed E-state index contributed by atoms with van der Waals surface area (Å²) in [6, 6.07) is 9.10. The van der Waals surface area contributed by atoms with Crippen LogP contribution in [-0.4, -0.2) is 24.4 Å². The molecule has 2 aromatic rings. The van der Waals surface area contributed by atoms with Gasteiger partial charge in [-0.15, -0.1) is 11.3 Å². The average Bonchev–Trinajstić information content (AvgIpc) is 3.13. The van der Waals surface area contributed by atoms with Crippen molar-refractivity contribution >= 4 is 28.6 Å². The minimum Gasteiger partial charge on any atom is -0.478 e. The Balaban J connectivity index is 0.000000292. The lowest BCUT2D eigenvalue weighted by atomic mass is 9.68. The maximum absolute atomic E-state index is 11.5. The molecule has 1 heterocycles. The van der Waals surface area contributed by atoms with Crippen molar-refractivity contribution in [3.8, 4) is 0 Å². The predicted molar refractivity (Wildman–Crippen MR) is 117 cm³/mol. The zero-order valence-corrected chi connectivity index (χ0v) is 18.0. The summed E-state index contributed by atoms with van der Waals surface area (Å²) in [5.74, 6) is 0.371. The second kappa shape index (κ2) is 9.87. The highest BCUT2D eigenvalue weighted by Crippen LogP contribution is 2.45. The molecule has 0 bridgehead atoms. The van der Waals surface area contributed by atoms with Crippen LogP contribution < -0.4 is 5.32 Å². The van der Waals surface area contributed by atoms with Gasteiger partial charge in [0.05, 0.1) is 5.56 Å². The summed E-state index contributed by atoms with van der Waals surface area (Å²) >= 11 is 1.51. The van der Waals surface area contributed by atoms with E-state index in [0.717, 1.165) is 41.2 Å². The van der Waals surface area contributed by atoms with Gasteiger partial charge in [0, 0.05) is 12.6 Å². The van der Waals surface area contributed by atoms with Crippen LogP contribution in [0.25, 0.3) is 0 Å². The summed E-state index contributed by atoms with van der Waals surface area (Å²) < 4.78 is 0. The summed E-state index contributed by atoms with van der Waals surface area (Å²) in [6.07, 6.45) is 5.47. The van der Waals surface area contributed by atoms with Gasteiger partial charge in [-0.3, -0.25) is 4.79 Å². The molecule has 2 N–H and O–H groups in total. The first-order valence-corrected chi connectivity index (χ1v) is 10.7. The van der Waals surface area contributed by atoms with Crippen molar-refractivity contribution in [1.82, 2.24) is 0 Å². The van der Waals surface area contributed by atoms with Gasteiger partial charge in [0.25, 0.3) is 0 Å². The number of hydrogen-bond acceptors (Lipinski definition) is 4. The largest absolute Gasteiger partial charge is 0.478 e. The Morgan fingerprint density at radius 3 is 2.18 bits per heavy atom. The number of carbonyl (C=O) groups is 2. The normalized spacial score (nSPS) is 19.3. The highest BCUT2D eigenvalue weighted by atomic mass is 32.1. The number of carbonyl (C=O) groups excluding carboxylic acids is 1. The number of nitrogens with one attached hydrogen (secondary N) is 1. The van der Waals surface area contributed by atoms with Crippen LogP contribution in [0.4, 0.5) is 5.00 Å². The topological polar surface area (TPSA) is 66.4 Å². The first-order chi connectivity index (χ1) is 13.3. The van der Waals surface area contributed by atoms with Crippen molar-refractivity contribution in [2.75, 3.05) is 12.4 Å². The molecular weight excluding hydrogens is 370 g/mol. The molecule has 0 amide bonds. The number of carboxylic acids is 1. The number of hydrogen-bond donors (Lipinski definition) is 2. The van der Waals surface area contributed by atoms with E-state index in [0.29, 0.717) is 16.9 Å². The molecule has 1 saturated carbocycles. The lowest BCUT2D eigenvalue weighted by molar-refractivity contribution is 0.0695. The summed E-state index contributed by atoms with van der Waals surface area (Å²) in [6.45, 7) is 6.93. The summed E-state index contributed by atoms with van der Waals surface area (Å²) in [4.78, 5) is 21.5. The summed E-state index contributed by atoms with van der Waals surface area (Å²) in [5.41, 5.74) is 2.63. The van der Waals surface area contributed by atoms with Crippen LogP contribution in [0.5, 0.6) is 0 Å². The second-order valence-corrected chi connectivity index (χ2v) is 9.27. The molecule has 0 aliphatic heterocycles. The van der Waals surface area contributed by atoms with Crippen molar-refractivity contribution in [1.29, 1.82) is 0 Å². The first kappa shape index (κ1) is 22.2. The third-order valence-electron chi connectivity index (χ3n) is 5.59. The Kier molecular flexibility index (Phi) is 7.81. The van der Waals surface area contributed by atoms with E-state index in [2.05, 4.69) is 26.1 Å². The first-order valence-electron chi connectivity index (χ1n) is 9.80. The van der Waals surface area contributed by atoms with Crippen LogP contribution in [0, 0.1) is 11.3 Å². The lowest BCUT2D eigenvalue weighted by Crippen LogP contribution is -2.25. The second-order valence-electron chi connectivity index (χ2n) is 8.39. The predicted octanol–water partition coefficient (Wildman–Crippen LogP) is 6.31. The van der Waals surface area contributed by atoms with Crippen molar-refractivity contribution in [2.45, 2.75) is 52.4 Å². The van der Waals surface area contributed by atoms with Crippen LogP contribution in [-0.2, 0) is 0 Å². The van der Waals surface area contributed by atoms with Crippen LogP contribution in [0.3, 0.4) is 0 Å². The molecule has 4 nitrogen and oxygen atoms in total. The fourth-order valence-corrected chi connectivity index (χ4v) is 4.87. The third kappa shape index (κ3) is 5.68. The molecule has 5 heteroatoms. The van der Waals surface area contributed by atoms with E-state index in [1.54, 1.807) is 19.2 Å². The van der Waals surface area contributed by atoms with E-state index in [4.69, 9.17) is 0 Å². The number of thiophene rings is 1. The molecule has 1 aromatic heterocycles. The molecule has 28 heavy (non-hydrogen) atoms. The molecule has 152 valence electrons. The zero-order chi connectivity index (χ0) is 20.7. The quantitative estimate of drug-likeness (QED) is 0.589. The molecule has 0 spiro atoms. The Morgan fingerprint density at radius 2 is 1.75 bits per heavy atom. The van der Waals surface area contributed by atoms with Crippen molar-refractivity contribution in [2.24, 2.45) is 11.3 Å². The number of aldehydes is 1. The molecule has 0 radical (unpaired) electrons. The molecular formula is C23H31NO3S. The molecule has 1 aromatic carbocycles. The molecule has 1 aliphatic rings. The SMILES string of the molecule is CNc1scc(C2CCC(C(C)(C)C)CC2)c1C(=O)O.O=Cc1ccccc1. The smallest absolute Gasteiger partial charge is 0.338 e. The molecule has 0 atom stereocenters. The lowest BCUT2D eigenvalue weighted by Gasteiger charge is -2.37. The molecule has 1 fully saturated rings. The number of aromatic carboxylic acids is 1. The number of benzene rings is 1. The average molecular weight is 402 g/mol. The van der Waals surface area contributed by atoms with E-state index in [1.807, 2.05) is 23.6 Å². The van der Waals surface area contributed by atoms with Crippen molar-refractivity contribution < 1.29 is 14.7 Å². The molecule has 3 rings (SSSR count). The summed E-state index contributed by atoms with van der Waals surface area (Å²) in [7, 11) is 1.79. The van der Waals surface area contributed by atoms with E-state index in [1.165, 1.54) is 24.2 Å². The van der Waals surface area contributed by atoms with Gasteiger partial charge >= 0.3 is 5.97 Å². The highest BCUT2D eigenvalue weighted by Gasteiger charge is 2.32. The fraction of sp³-hybridized carbons (Fsp3) is 0.478. The number of carboxylic acid groups (broad SMARTS) is 1. The van der Waals surface area contributed by atoms with Crippen LogP contribution in [0.1, 0.15) is 78.7 Å². The van der Waals surface area contributed by atoms with Gasteiger partial charge in [0.2, 0.25) is 0 Å². The molecule has 1 aliphatic carbocycles.